The molecule has 0 N–H and O–H groups in total. The molecule has 110 valence electrons. The number of ether oxygens (including phenoxy) is 1. The topological polar surface area (TPSA) is 39.2 Å². The molecule has 0 spiro atoms. The van der Waals surface area contributed by atoms with Gasteiger partial charge in [0.2, 0.25) is 5.88 Å². The van der Waals surface area contributed by atoms with Gasteiger partial charge in [-0.15, -0.1) is 0 Å². The molecule has 0 unspecified atom stereocenters. The molecule has 3 heteroatoms. The Hall–Kier alpha value is -2.68. The Morgan fingerprint density at radius 3 is 2.27 bits per heavy atom. The van der Waals surface area contributed by atoms with Gasteiger partial charge in [-0.25, -0.2) is 4.98 Å². The number of rotatable bonds is 3. The predicted octanol–water partition coefficient (Wildman–Crippen LogP) is 4.09. The molecule has 1 heterocycles. The van der Waals surface area contributed by atoms with Gasteiger partial charge in [-0.1, -0.05) is 35.4 Å². The fourth-order valence-corrected chi connectivity index (χ4v) is 2.77. The summed E-state index contributed by atoms with van der Waals surface area (Å²) in [5, 5.41) is 1.71. The Bertz CT molecular complexity index is 848. The number of aryl methyl sites for hydroxylation is 2. The van der Waals surface area contributed by atoms with E-state index in [0.29, 0.717) is 17.0 Å². The van der Waals surface area contributed by atoms with Crippen molar-refractivity contribution in [3.63, 3.8) is 0 Å². The third kappa shape index (κ3) is 2.46. The highest BCUT2D eigenvalue weighted by Crippen LogP contribution is 2.27. The Morgan fingerprint density at radius 1 is 1.00 bits per heavy atom. The Kier molecular flexibility index (Phi) is 3.63. The Morgan fingerprint density at radius 2 is 1.64 bits per heavy atom. The Balaban J connectivity index is 2.20. The average molecular weight is 291 g/mol. The van der Waals surface area contributed by atoms with Crippen molar-refractivity contribution in [2.75, 3.05) is 7.11 Å². The zero-order chi connectivity index (χ0) is 15.7. The van der Waals surface area contributed by atoms with Crippen LogP contribution in [0.4, 0.5) is 0 Å². The van der Waals surface area contributed by atoms with Gasteiger partial charge in [0.1, 0.15) is 0 Å². The van der Waals surface area contributed by atoms with Crippen molar-refractivity contribution in [1.29, 1.82) is 0 Å². The van der Waals surface area contributed by atoms with Crippen LogP contribution in [0.2, 0.25) is 0 Å². The van der Waals surface area contributed by atoms with Crippen molar-refractivity contribution < 1.29 is 9.53 Å². The number of ketones is 1. The standard InChI is InChI=1S/C19H17NO2/c1-12-8-13(2)10-14(9-12)18(21)17-11-20-19(22-3)16-7-5-4-6-15(16)17/h4-11H,1-3H3. The number of fused-ring (bicyclic) bond motifs is 1. The van der Waals surface area contributed by atoms with Gasteiger partial charge >= 0.3 is 0 Å². The second-order valence-electron chi connectivity index (χ2n) is 5.43. The number of methoxy groups -OCH3 is 1. The molecule has 0 atom stereocenters. The van der Waals surface area contributed by atoms with Crippen LogP contribution < -0.4 is 4.74 Å². The number of hydrogen-bond donors (Lipinski definition) is 0. The molecule has 3 nitrogen and oxygen atoms in total. The number of nitrogens with zero attached hydrogens (tertiary/aromatic N) is 1. The van der Waals surface area contributed by atoms with Crippen molar-refractivity contribution in [1.82, 2.24) is 4.98 Å². The largest absolute Gasteiger partial charge is 0.481 e. The monoisotopic (exact) mass is 291 g/mol. The van der Waals surface area contributed by atoms with Gasteiger partial charge in [0.25, 0.3) is 0 Å². The van der Waals surface area contributed by atoms with E-state index in [9.17, 15) is 4.79 Å². The molecular weight excluding hydrogens is 274 g/mol. The number of pyridine rings is 1. The molecule has 1 aromatic heterocycles. The second-order valence-corrected chi connectivity index (χ2v) is 5.43. The van der Waals surface area contributed by atoms with Crippen LogP contribution in [0.3, 0.4) is 0 Å². The van der Waals surface area contributed by atoms with Gasteiger partial charge in [0.15, 0.2) is 5.78 Å². The molecule has 0 saturated carbocycles. The van der Waals surface area contributed by atoms with E-state index in [2.05, 4.69) is 11.1 Å². The summed E-state index contributed by atoms with van der Waals surface area (Å²) in [6.07, 6.45) is 1.60. The van der Waals surface area contributed by atoms with Crippen LogP contribution in [0.1, 0.15) is 27.0 Å². The van der Waals surface area contributed by atoms with E-state index in [1.54, 1.807) is 13.3 Å². The fourth-order valence-electron chi connectivity index (χ4n) is 2.77. The first-order valence-electron chi connectivity index (χ1n) is 7.15. The van der Waals surface area contributed by atoms with Gasteiger partial charge in [0.05, 0.1) is 7.11 Å². The lowest BCUT2D eigenvalue weighted by molar-refractivity contribution is 0.104. The van der Waals surface area contributed by atoms with E-state index < -0.39 is 0 Å². The molecule has 3 rings (SSSR count). The minimum atomic E-state index is -0.0156. The van der Waals surface area contributed by atoms with Crippen LogP contribution in [0, 0.1) is 13.8 Å². The van der Waals surface area contributed by atoms with Crippen molar-refractivity contribution >= 4 is 16.6 Å². The molecule has 0 aliphatic heterocycles. The highest BCUT2D eigenvalue weighted by molar-refractivity contribution is 6.16. The van der Waals surface area contributed by atoms with Crippen LogP contribution in [0.25, 0.3) is 10.8 Å². The van der Waals surface area contributed by atoms with Gasteiger partial charge < -0.3 is 4.74 Å². The van der Waals surface area contributed by atoms with Crippen LogP contribution in [-0.2, 0) is 0 Å². The minimum absolute atomic E-state index is 0.0156. The summed E-state index contributed by atoms with van der Waals surface area (Å²) in [5.74, 6) is 0.519. The lowest BCUT2D eigenvalue weighted by atomic mass is 9.97. The van der Waals surface area contributed by atoms with Crippen LogP contribution in [0.5, 0.6) is 5.88 Å². The smallest absolute Gasteiger partial charge is 0.221 e. The number of carbonyl (C=O) groups excluding carboxylic acids is 1. The van der Waals surface area contributed by atoms with E-state index in [1.807, 2.05) is 50.2 Å². The van der Waals surface area contributed by atoms with Crippen molar-refractivity contribution in [3.05, 3.63) is 70.9 Å². The van der Waals surface area contributed by atoms with Crippen LogP contribution >= 0.6 is 0 Å². The first-order valence-corrected chi connectivity index (χ1v) is 7.15. The van der Waals surface area contributed by atoms with Crippen molar-refractivity contribution in [2.24, 2.45) is 0 Å². The summed E-state index contributed by atoms with van der Waals surface area (Å²) < 4.78 is 5.28. The van der Waals surface area contributed by atoms with Gasteiger partial charge in [-0.2, -0.15) is 0 Å². The zero-order valence-corrected chi connectivity index (χ0v) is 12.9. The molecule has 0 amide bonds. The quantitative estimate of drug-likeness (QED) is 0.682. The predicted molar refractivity (Wildman–Crippen MR) is 87.6 cm³/mol. The van der Waals surface area contributed by atoms with Crippen molar-refractivity contribution in [3.8, 4) is 5.88 Å². The number of carbonyl (C=O) groups is 1. The molecule has 3 aromatic rings. The second kappa shape index (κ2) is 5.60. The number of benzene rings is 2. The molecule has 0 bridgehead atoms. The lowest BCUT2D eigenvalue weighted by Crippen LogP contribution is -2.05. The zero-order valence-electron chi connectivity index (χ0n) is 12.9. The maximum Gasteiger partial charge on any atom is 0.221 e. The molecule has 0 saturated heterocycles. The summed E-state index contributed by atoms with van der Waals surface area (Å²) in [7, 11) is 1.58. The summed E-state index contributed by atoms with van der Waals surface area (Å²) in [4.78, 5) is 17.2. The third-order valence-electron chi connectivity index (χ3n) is 3.68. The van der Waals surface area contributed by atoms with E-state index in [1.165, 1.54) is 0 Å². The van der Waals surface area contributed by atoms with E-state index in [4.69, 9.17) is 4.74 Å². The van der Waals surface area contributed by atoms with Crippen molar-refractivity contribution in [2.45, 2.75) is 13.8 Å². The summed E-state index contributed by atoms with van der Waals surface area (Å²) in [5.41, 5.74) is 3.44. The maximum absolute atomic E-state index is 12.9. The first-order chi connectivity index (χ1) is 10.6. The number of hydrogen-bond acceptors (Lipinski definition) is 3. The summed E-state index contributed by atoms with van der Waals surface area (Å²) >= 11 is 0. The normalized spacial score (nSPS) is 10.7. The molecule has 0 aliphatic carbocycles. The van der Waals surface area contributed by atoms with E-state index in [-0.39, 0.29) is 5.78 Å². The van der Waals surface area contributed by atoms with Gasteiger partial charge in [0, 0.05) is 22.7 Å². The molecular formula is C19H17NO2. The van der Waals surface area contributed by atoms with Gasteiger partial charge in [-0.3, -0.25) is 4.79 Å². The van der Waals surface area contributed by atoms with Gasteiger partial charge in [-0.05, 0) is 37.4 Å². The molecule has 0 aliphatic rings. The Labute approximate surface area is 129 Å². The highest BCUT2D eigenvalue weighted by atomic mass is 16.5. The minimum Gasteiger partial charge on any atom is -0.481 e. The third-order valence-corrected chi connectivity index (χ3v) is 3.68. The SMILES string of the molecule is COc1ncc(C(=O)c2cc(C)cc(C)c2)c2ccccc12. The molecule has 2 aromatic carbocycles. The van der Waals surface area contributed by atoms with E-state index in [0.717, 1.165) is 21.9 Å². The van der Waals surface area contributed by atoms with Crippen LogP contribution in [0.15, 0.2) is 48.7 Å². The van der Waals surface area contributed by atoms with E-state index >= 15 is 0 Å². The lowest BCUT2D eigenvalue weighted by Gasteiger charge is -2.10. The summed E-state index contributed by atoms with van der Waals surface area (Å²) in [6, 6.07) is 13.6. The number of aromatic nitrogens is 1. The summed E-state index contributed by atoms with van der Waals surface area (Å²) in [6.45, 7) is 3.99. The molecule has 22 heavy (non-hydrogen) atoms. The first kappa shape index (κ1) is 14.3. The van der Waals surface area contributed by atoms with Crippen LogP contribution in [-0.4, -0.2) is 17.9 Å². The highest BCUT2D eigenvalue weighted by Gasteiger charge is 2.16. The fraction of sp³-hybridized carbons (Fsp3) is 0.158. The average Bonchev–Trinajstić information content (AvgIpc) is 2.52. The molecule has 0 fully saturated rings. The molecule has 0 radical (unpaired) electrons. The maximum atomic E-state index is 12.9.